The number of benzene rings is 2. The van der Waals surface area contributed by atoms with Gasteiger partial charge < -0.3 is 9.47 Å². The van der Waals surface area contributed by atoms with Gasteiger partial charge >= 0.3 is 5.97 Å². The minimum absolute atomic E-state index is 0.0876. The molecule has 0 saturated carbocycles. The Hall–Kier alpha value is -2.64. The number of esters is 1. The number of hydrogen-bond donors (Lipinski definition) is 0. The van der Waals surface area contributed by atoms with Crippen molar-refractivity contribution in [1.29, 1.82) is 0 Å². The van der Waals surface area contributed by atoms with Crippen LogP contribution in [0.25, 0.3) is 6.08 Å². The Balaban J connectivity index is 1.81. The molecule has 7 heteroatoms. The van der Waals surface area contributed by atoms with Gasteiger partial charge in [-0.3, -0.25) is 9.69 Å². The SMILES string of the molecule is CCCN1C(=O)C(=Cc2ccc(OC(=O)c3ccccc3)c(OC)c2)SC1=S. The Bertz CT molecular complexity index is 941. The highest BCUT2D eigenvalue weighted by Gasteiger charge is 2.31. The highest BCUT2D eigenvalue weighted by molar-refractivity contribution is 8.26. The zero-order chi connectivity index (χ0) is 20.1. The summed E-state index contributed by atoms with van der Waals surface area (Å²) in [6.07, 6.45) is 2.61. The lowest BCUT2D eigenvalue weighted by Crippen LogP contribution is -2.28. The number of rotatable bonds is 6. The molecule has 2 aromatic carbocycles. The van der Waals surface area contributed by atoms with Crippen molar-refractivity contribution in [3.63, 3.8) is 0 Å². The molecule has 0 atom stereocenters. The zero-order valence-corrected chi connectivity index (χ0v) is 17.1. The molecule has 2 aromatic rings. The maximum Gasteiger partial charge on any atom is 0.343 e. The number of ether oxygens (including phenoxy) is 2. The summed E-state index contributed by atoms with van der Waals surface area (Å²) in [5.41, 5.74) is 1.21. The highest BCUT2D eigenvalue weighted by Crippen LogP contribution is 2.35. The maximum atomic E-state index is 12.5. The molecule has 144 valence electrons. The third kappa shape index (κ3) is 4.43. The topological polar surface area (TPSA) is 55.8 Å². The van der Waals surface area contributed by atoms with Crippen LogP contribution in [0.4, 0.5) is 0 Å². The van der Waals surface area contributed by atoms with Crippen molar-refractivity contribution >= 4 is 46.3 Å². The first-order chi connectivity index (χ1) is 13.5. The summed E-state index contributed by atoms with van der Waals surface area (Å²) in [5, 5.41) is 0. The predicted octanol–water partition coefficient (Wildman–Crippen LogP) is 4.53. The maximum absolute atomic E-state index is 12.5. The lowest BCUT2D eigenvalue weighted by atomic mass is 10.1. The van der Waals surface area contributed by atoms with Crippen LogP contribution in [0.1, 0.15) is 29.3 Å². The smallest absolute Gasteiger partial charge is 0.343 e. The van der Waals surface area contributed by atoms with Crippen molar-refractivity contribution in [3.8, 4) is 11.5 Å². The van der Waals surface area contributed by atoms with E-state index in [9.17, 15) is 9.59 Å². The first-order valence-corrected chi connectivity index (χ1v) is 9.96. The average molecular weight is 414 g/mol. The lowest BCUT2D eigenvalue weighted by Gasteiger charge is -2.12. The molecule has 1 heterocycles. The van der Waals surface area contributed by atoms with E-state index in [4.69, 9.17) is 21.7 Å². The Labute approximate surface area is 173 Å². The number of thiocarbonyl (C=S) groups is 1. The summed E-state index contributed by atoms with van der Waals surface area (Å²) in [4.78, 5) is 26.9. The van der Waals surface area contributed by atoms with Crippen molar-refractivity contribution < 1.29 is 19.1 Å². The number of amides is 1. The molecule has 1 saturated heterocycles. The molecule has 0 N–H and O–H groups in total. The van der Waals surface area contributed by atoms with Crippen LogP contribution in [-0.2, 0) is 4.79 Å². The zero-order valence-electron chi connectivity index (χ0n) is 15.5. The minimum Gasteiger partial charge on any atom is -0.493 e. The van der Waals surface area contributed by atoms with Gasteiger partial charge in [-0.15, -0.1) is 0 Å². The molecular weight excluding hydrogens is 394 g/mol. The quantitative estimate of drug-likeness (QED) is 0.300. The fourth-order valence-electron chi connectivity index (χ4n) is 2.66. The number of carbonyl (C=O) groups is 2. The van der Waals surface area contributed by atoms with Gasteiger partial charge in [0.1, 0.15) is 4.32 Å². The minimum atomic E-state index is -0.466. The van der Waals surface area contributed by atoms with Crippen LogP contribution < -0.4 is 9.47 Å². The van der Waals surface area contributed by atoms with Gasteiger partial charge in [0.2, 0.25) is 0 Å². The second kappa shape index (κ2) is 9.03. The molecule has 0 radical (unpaired) electrons. The molecule has 0 unspecified atom stereocenters. The van der Waals surface area contributed by atoms with E-state index in [0.29, 0.717) is 32.8 Å². The van der Waals surface area contributed by atoms with E-state index in [0.717, 1.165) is 12.0 Å². The van der Waals surface area contributed by atoms with Gasteiger partial charge in [-0.2, -0.15) is 0 Å². The van der Waals surface area contributed by atoms with Gasteiger partial charge in [-0.1, -0.05) is 55.2 Å². The third-order valence-electron chi connectivity index (χ3n) is 4.02. The number of methoxy groups -OCH3 is 1. The largest absolute Gasteiger partial charge is 0.493 e. The summed E-state index contributed by atoms with van der Waals surface area (Å²) < 4.78 is 11.4. The van der Waals surface area contributed by atoms with E-state index in [-0.39, 0.29) is 5.91 Å². The fourth-order valence-corrected chi connectivity index (χ4v) is 3.97. The van der Waals surface area contributed by atoms with Crippen LogP contribution in [0.3, 0.4) is 0 Å². The molecule has 0 bridgehead atoms. The van der Waals surface area contributed by atoms with Gasteiger partial charge in [0.15, 0.2) is 11.5 Å². The molecule has 0 aliphatic carbocycles. The van der Waals surface area contributed by atoms with E-state index in [1.165, 1.54) is 18.9 Å². The first kappa shape index (κ1) is 20.1. The van der Waals surface area contributed by atoms with Crippen molar-refractivity contribution in [3.05, 3.63) is 64.6 Å². The summed E-state index contributed by atoms with van der Waals surface area (Å²) in [6.45, 7) is 2.61. The van der Waals surface area contributed by atoms with Crippen LogP contribution >= 0.6 is 24.0 Å². The van der Waals surface area contributed by atoms with Crippen LogP contribution in [-0.4, -0.2) is 34.8 Å². The van der Waals surface area contributed by atoms with Gasteiger partial charge in [-0.25, -0.2) is 4.79 Å². The second-order valence-corrected chi connectivity index (χ2v) is 7.67. The van der Waals surface area contributed by atoms with E-state index < -0.39 is 5.97 Å². The second-order valence-electron chi connectivity index (χ2n) is 6.00. The van der Waals surface area contributed by atoms with Gasteiger partial charge in [0.05, 0.1) is 17.6 Å². The van der Waals surface area contributed by atoms with E-state index in [2.05, 4.69) is 0 Å². The van der Waals surface area contributed by atoms with Crippen molar-refractivity contribution in [2.45, 2.75) is 13.3 Å². The molecule has 0 aromatic heterocycles. The molecule has 1 fully saturated rings. The Kier molecular flexibility index (Phi) is 6.49. The monoisotopic (exact) mass is 413 g/mol. The summed E-state index contributed by atoms with van der Waals surface area (Å²) >= 11 is 6.57. The standard InChI is InChI=1S/C21H19NO4S2/c1-3-11-22-19(23)18(28-21(22)27)13-14-9-10-16(17(12-14)25-2)26-20(24)15-7-5-4-6-8-15/h4-10,12-13H,3,11H2,1-2H3. The molecule has 5 nitrogen and oxygen atoms in total. The van der Waals surface area contributed by atoms with Crippen molar-refractivity contribution in [2.75, 3.05) is 13.7 Å². The molecule has 0 spiro atoms. The molecule has 1 aliphatic rings. The van der Waals surface area contributed by atoms with Crippen molar-refractivity contribution in [1.82, 2.24) is 4.90 Å². The van der Waals surface area contributed by atoms with Crippen LogP contribution in [0.15, 0.2) is 53.4 Å². The summed E-state index contributed by atoms with van der Waals surface area (Å²) in [7, 11) is 1.50. The number of nitrogens with zero attached hydrogens (tertiary/aromatic N) is 1. The average Bonchev–Trinajstić information content (AvgIpc) is 2.97. The van der Waals surface area contributed by atoms with Gasteiger partial charge in [0.25, 0.3) is 5.91 Å². The molecular formula is C21H19NO4S2. The molecule has 3 rings (SSSR count). The van der Waals surface area contributed by atoms with Crippen LogP contribution in [0.2, 0.25) is 0 Å². The Morgan fingerprint density at radius 1 is 1.18 bits per heavy atom. The third-order valence-corrected chi connectivity index (χ3v) is 5.40. The lowest BCUT2D eigenvalue weighted by molar-refractivity contribution is -0.122. The van der Waals surface area contributed by atoms with Crippen LogP contribution in [0.5, 0.6) is 11.5 Å². The van der Waals surface area contributed by atoms with E-state index in [1.54, 1.807) is 53.4 Å². The molecule has 28 heavy (non-hydrogen) atoms. The Morgan fingerprint density at radius 2 is 1.93 bits per heavy atom. The fraction of sp³-hybridized carbons (Fsp3) is 0.190. The van der Waals surface area contributed by atoms with Gasteiger partial charge in [0, 0.05) is 6.54 Å². The number of hydrogen-bond acceptors (Lipinski definition) is 6. The molecule has 1 amide bonds. The number of thioether (sulfide) groups is 1. The highest BCUT2D eigenvalue weighted by atomic mass is 32.2. The van der Waals surface area contributed by atoms with Gasteiger partial charge in [-0.05, 0) is 42.3 Å². The number of carbonyl (C=O) groups excluding carboxylic acids is 2. The first-order valence-electron chi connectivity index (χ1n) is 8.74. The van der Waals surface area contributed by atoms with Crippen molar-refractivity contribution in [2.24, 2.45) is 0 Å². The van der Waals surface area contributed by atoms with Crippen LogP contribution in [0, 0.1) is 0 Å². The predicted molar refractivity (Wildman–Crippen MR) is 115 cm³/mol. The summed E-state index contributed by atoms with van der Waals surface area (Å²) in [6, 6.07) is 13.9. The van der Waals surface area contributed by atoms with E-state index >= 15 is 0 Å². The van der Waals surface area contributed by atoms with E-state index in [1.807, 2.05) is 13.0 Å². The summed E-state index contributed by atoms with van der Waals surface area (Å²) in [5.74, 6) is 0.164. The Morgan fingerprint density at radius 3 is 2.61 bits per heavy atom. The molecule has 1 aliphatic heterocycles. The normalized spacial score (nSPS) is 15.2.